The molecule has 0 bridgehead atoms. The molecule has 2 aromatic rings. The molecule has 0 radical (unpaired) electrons. The second kappa shape index (κ2) is 10.8. The number of hydrogen-bond donors (Lipinski definition) is 4. The van der Waals surface area contributed by atoms with Crippen molar-refractivity contribution in [3.05, 3.63) is 70.8 Å². The molecule has 10 nitrogen and oxygen atoms in total. The summed E-state index contributed by atoms with van der Waals surface area (Å²) in [4.78, 5) is 43.8. The van der Waals surface area contributed by atoms with Crippen LogP contribution in [0.3, 0.4) is 0 Å². The van der Waals surface area contributed by atoms with Gasteiger partial charge in [0.1, 0.15) is 0 Å². The zero-order valence-corrected chi connectivity index (χ0v) is 19.3. The fraction of sp³-hybridized carbons (Fsp3) is 0.200. The fourth-order valence-electron chi connectivity index (χ4n) is 3.27. The Bertz CT molecular complexity index is 920. The molecule has 2 atom stereocenters. The molecule has 31 heavy (non-hydrogen) atoms. The van der Waals surface area contributed by atoms with Gasteiger partial charge in [0.05, 0.1) is 12.1 Å². The summed E-state index contributed by atoms with van der Waals surface area (Å²) < 4.78 is 0. The molecule has 0 saturated carbocycles. The molecule has 156 valence electrons. The summed E-state index contributed by atoms with van der Waals surface area (Å²) in [7, 11) is 0. The van der Waals surface area contributed by atoms with Crippen molar-refractivity contribution in [2.45, 2.75) is 24.9 Å². The number of carbonyl (C=O) groups excluding carboxylic acids is 4. The first-order valence-electron chi connectivity index (χ1n) is 9.06. The molecule has 2 aliphatic rings. The number of hydrogen-bond acceptors (Lipinski definition) is 8. The van der Waals surface area contributed by atoms with E-state index in [9.17, 15) is 29.4 Å². The van der Waals surface area contributed by atoms with E-state index in [-0.39, 0.29) is 44.1 Å². The molecule has 0 saturated heterocycles. The molecule has 2 heterocycles. The smallest absolute Gasteiger partial charge is 0.550 e. The predicted molar refractivity (Wildman–Crippen MR) is 98.8 cm³/mol. The number of aliphatic carboxylic acids is 2. The van der Waals surface area contributed by atoms with Gasteiger partial charge in [-0.15, -0.1) is 0 Å². The first-order chi connectivity index (χ1) is 14.4. The van der Waals surface area contributed by atoms with Crippen LogP contribution in [0.15, 0.2) is 48.5 Å². The van der Waals surface area contributed by atoms with Gasteiger partial charge in [0.2, 0.25) is 0 Å². The van der Waals surface area contributed by atoms with Crippen LogP contribution in [0, 0.1) is 0 Å². The molecular formula is C20H18N4O6Zn. The maximum Gasteiger partial charge on any atom is 2.00 e. The largest absolute Gasteiger partial charge is 2.00 e. The van der Waals surface area contributed by atoms with Crippen LogP contribution in [0.25, 0.3) is 0 Å². The average Bonchev–Trinajstić information content (AvgIpc) is 2.73. The van der Waals surface area contributed by atoms with Gasteiger partial charge in [-0.25, -0.2) is 10.9 Å². The molecule has 2 amide bonds. The molecular weight excluding hydrogens is 458 g/mol. The number of carboxylic acids is 2. The minimum Gasteiger partial charge on any atom is -0.550 e. The van der Waals surface area contributed by atoms with E-state index < -0.39 is 24.0 Å². The second-order valence-electron chi connectivity index (χ2n) is 6.63. The SMILES string of the molecule is O=C([O-])CC1NNC(=O)c2ccccc21.O=C([O-])CC1NNC(=O)c2ccccc21.[Zn+2]. The Hall–Kier alpha value is -3.14. The van der Waals surface area contributed by atoms with Gasteiger partial charge in [0.15, 0.2) is 0 Å². The van der Waals surface area contributed by atoms with Crippen LogP contribution in [0.4, 0.5) is 0 Å². The van der Waals surface area contributed by atoms with Crippen LogP contribution in [-0.2, 0) is 29.1 Å². The third-order valence-corrected chi connectivity index (χ3v) is 4.62. The molecule has 4 N–H and O–H groups in total. The van der Waals surface area contributed by atoms with Crippen molar-refractivity contribution in [1.29, 1.82) is 0 Å². The van der Waals surface area contributed by atoms with Crippen LogP contribution >= 0.6 is 0 Å². The van der Waals surface area contributed by atoms with Crippen LogP contribution < -0.4 is 31.9 Å². The van der Waals surface area contributed by atoms with Gasteiger partial charge in [-0.3, -0.25) is 20.4 Å². The van der Waals surface area contributed by atoms with E-state index in [2.05, 4.69) is 21.7 Å². The van der Waals surface area contributed by atoms with Gasteiger partial charge < -0.3 is 19.8 Å². The van der Waals surface area contributed by atoms with Crippen molar-refractivity contribution >= 4 is 23.8 Å². The molecule has 0 aliphatic carbocycles. The Morgan fingerprint density at radius 3 is 1.42 bits per heavy atom. The molecule has 4 rings (SSSR count). The Kier molecular flexibility index (Phi) is 8.38. The molecule has 0 aromatic heterocycles. The van der Waals surface area contributed by atoms with Gasteiger partial charge in [0.25, 0.3) is 11.8 Å². The number of nitrogens with one attached hydrogen (secondary N) is 4. The van der Waals surface area contributed by atoms with Crippen molar-refractivity contribution in [3.8, 4) is 0 Å². The minimum atomic E-state index is -1.15. The zero-order chi connectivity index (χ0) is 21.7. The van der Waals surface area contributed by atoms with Gasteiger partial charge in [-0.05, 0) is 23.3 Å². The van der Waals surface area contributed by atoms with Crippen LogP contribution in [0.2, 0.25) is 0 Å². The van der Waals surface area contributed by atoms with E-state index in [0.717, 1.165) is 0 Å². The van der Waals surface area contributed by atoms with Gasteiger partial charge in [0, 0.05) is 35.9 Å². The molecule has 11 heteroatoms. The maximum atomic E-state index is 11.4. The van der Waals surface area contributed by atoms with Gasteiger partial charge in [-0.1, -0.05) is 36.4 Å². The summed E-state index contributed by atoms with van der Waals surface area (Å²) in [5, 5.41) is 21.0. The average molecular weight is 476 g/mol. The van der Waals surface area contributed by atoms with E-state index in [0.29, 0.717) is 22.3 Å². The topological polar surface area (TPSA) is 163 Å². The van der Waals surface area contributed by atoms with E-state index in [1.165, 1.54) is 0 Å². The van der Waals surface area contributed by atoms with Crippen molar-refractivity contribution in [2.75, 3.05) is 0 Å². The van der Waals surface area contributed by atoms with Crippen LogP contribution in [0.1, 0.15) is 56.8 Å². The van der Waals surface area contributed by atoms with Gasteiger partial charge in [-0.2, -0.15) is 0 Å². The summed E-state index contributed by atoms with van der Waals surface area (Å²) in [6.45, 7) is 0. The summed E-state index contributed by atoms with van der Waals surface area (Å²) in [5.41, 5.74) is 12.5. The maximum absolute atomic E-state index is 11.4. The Morgan fingerprint density at radius 1 is 0.710 bits per heavy atom. The van der Waals surface area contributed by atoms with E-state index in [1.807, 2.05) is 0 Å². The molecule has 2 unspecified atom stereocenters. The summed E-state index contributed by atoms with van der Waals surface area (Å²) >= 11 is 0. The summed E-state index contributed by atoms with van der Waals surface area (Å²) in [6.07, 6.45) is -0.339. The predicted octanol–water partition coefficient (Wildman–Crippen LogP) is -1.77. The molecule has 2 aliphatic heterocycles. The van der Waals surface area contributed by atoms with Crippen molar-refractivity contribution < 1.29 is 48.9 Å². The van der Waals surface area contributed by atoms with Crippen molar-refractivity contribution in [3.63, 3.8) is 0 Å². The third-order valence-electron chi connectivity index (χ3n) is 4.62. The first-order valence-corrected chi connectivity index (χ1v) is 9.06. The first kappa shape index (κ1) is 24.1. The number of carbonyl (C=O) groups is 4. The van der Waals surface area contributed by atoms with Crippen LogP contribution in [-0.4, -0.2) is 23.8 Å². The molecule has 0 spiro atoms. The fourth-order valence-corrected chi connectivity index (χ4v) is 3.27. The summed E-state index contributed by atoms with van der Waals surface area (Å²) in [5.74, 6) is -2.81. The Morgan fingerprint density at radius 2 is 1.06 bits per heavy atom. The zero-order valence-electron chi connectivity index (χ0n) is 16.3. The van der Waals surface area contributed by atoms with E-state index >= 15 is 0 Å². The second-order valence-corrected chi connectivity index (χ2v) is 6.63. The number of hydrazine groups is 2. The third kappa shape index (κ3) is 5.94. The Labute approximate surface area is 190 Å². The minimum absolute atomic E-state index is 0. The van der Waals surface area contributed by atoms with Crippen molar-refractivity contribution in [1.82, 2.24) is 21.7 Å². The number of carboxylic acid groups (broad SMARTS) is 2. The number of fused-ring (bicyclic) bond motifs is 2. The number of benzene rings is 2. The number of amides is 2. The van der Waals surface area contributed by atoms with E-state index in [4.69, 9.17) is 0 Å². The molecule has 2 aromatic carbocycles. The van der Waals surface area contributed by atoms with Crippen LogP contribution in [0.5, 0.6) is 0 Å². The quantitative estimate of drug-likeness (QED) is 0.377. The summed E-state index contributed by atoms with van der Waals surface area (Å²) in [6, 6.07) is 12.9. The Balaban J connectivity index is 0.000000213. The molecule has 0 fully saturated rings. The van der Waals surface area contributed by atoms with Gasteiger partial charge >= 0.3 is 19.5 Å². The monoisotopic (exact) mass is 474 g/mol. The number of rotatable bonds is 4. The van der Waals surface area contributed by atoms with Crippen molar-refractivity contribution in [2.24, 2.45) is 0 Å². The standard InChI is InChI=1S/2C10H10N2O3.Zn/c2*13-9(14)5-8-6-3-1-2-4-7(6)10(15)12-11-8;/h2*1-4,8,11H,5H2,(H,12,15)(H,13,14);/q;;+2/p-2. The van der Waals surface area contributed by atoms with E-state index in [1.54, 1.807) is 48.5 Å². The normalized spacial score (nSPS) is 18.6.